The van der Waals surface area contributed by atoms with E-state index in [1.165, 1.54) is 10.5 Å². The van der Waals surface area contributed by atoms with Gasteiger partial charge < -0.3 is 5.32 Å². The zero-order chi connectivity index (χ0) is 12.1. The van der Waals surface area contributed by atoms with Crippen molar-refractivity contribution in [2.24, 2.45) is 0 Å². The number of hydrogen-bond acceptors (Lipinski definition) is 3. The third-order valence-electron chi connectivity index (χ3n) is 2.81. The van der Waals surface area contributed by atoms with Gasteiger partial charge in [-0.3, -0.25) is 9.69 Å². The van der Waals surface area contributed by atoms with Crippen LogP contribution >= 0.6 is 11.8 Å². The van der Waals surface area contributed by atoms with Crippen LogP contribution in [-0.2, 0) is 4.79 Å². The maximum atomic E-state index is 11.2. The lowest BCUT2D eigenvalue weighted by molar-refractivity contribution is -0.123. The van der Waals surface area contributed by atoms with Crippen LogP contribution in [0.2, 0.25) is 0 Å². The minimum Gasteiger partial charge on any atom is -0.354 e. The van der Waals surface area contributed by atoms with Crippen LogP contribution in [0.3, 0.4) is 0 Å². The molecule has 0 saturated carbocycles. The summed E-state index contributed by atoms with van der Waals surface area (Å²) in [4.78, 5) is 14.7. The summed E-state index contributed by atoms with van der Waals surface area (Å²) in [6.07, 6.45) is 0. The molecule has 1 N–H and O–H groups in total. The lowest BCUT2D eigenvalue weighted by atomic mass is 10.2. The molecule has 1 saturated heterocycles. The molecule has 0 bridgehead atoms. The number of thioether (sulfide) groups is 1. The van der Waals surface area contributed by atoms with Crippen LogP contribution in [0.5, 0.6) is 0 Å². The van der Waals surface area contributed by atoms with E-state index in [2.05, 4.69) is 41.4 Å². The number of nitrogens with one attached hydrogen (secondary N) is 1. The minimum atomic E-state index is 0.150. The Kier molecular flexibility index (Phi) is 4.45. The van der Waals surface area contributed by atoms with Crippen molar-refractivity contribution in [3.05, 3.63) is 29.8 Å². The predicted octanol–water partition coefficient (Wildman–Crippen LogP) is 1.52. The van der Waals surface area contributed by atoms with Gasteiger partial charge in [-0.05, 0) is 19.1 Å². The van der Waals surface area contributed by atoms with Gasteiger partial charge in [-0.2, -0.15) is 0 Å². The Hall–Kier alpha value is -1.00. The number of carbonyl (C=O) groups excluding carboxylic acids is 1. The molecule has 1 aliphatic heterocycles. The fourth-order valence-corrected chi connectivity index (χ4v) is 2.72. The fraction of sp³-hybridized carbons (Fsp3) is 0.462. The van der Waals surface area contributed by atoms with Crippen molar-refractivity contribution in [2.75, 3.05) is 31.9 Å². The first kappa shape index (κ1) is 12.5. The number of benzene rings is 1. The molecule has 0 atom stereocenters. The summed E-state index contributed by atoms with van der Waals surface area (Å²) in [5, 5.41) is 2.84. The maximum Gasteiger partial charge on any atom is 0.234 e. The highest BCUT2D eigenvalue weighted by molar-refractivity contribution is 7.99. The molecule has 0 aromatic heterocycles. The van der Waals surface area contributed by atoms with Gasteiger partial charge in [0.2, 0.25) is 5.91 Å². The number of rotatable bonds is 4. The normalized spacial score (nSPS) is 16.9. The SMILES string of the molecule is Cc1ccc(SCCN2CCNC(=O)C2)cc1. The molecule has 1 fully saturated rings. The van der Waals surface area contributed by atoms with Crippen LogP contribution in [-0.4, -0.2) is 42.7 Å². The largest absolute Gasteiger partial charge is 0.354 e. The van der Waals surface area contributed by atoms with E-state index in [0.717, 1.165) is 25.4 Å². The molecule has 1 amide bonds. The van der Waals surface area contributed by atoms with Gasteiger partial charge in [0.1, 0.15) is 0 Å². The van der Waals surface area contributed by atoms with Crippen LogP contribution in [0.15, 0.2) is 29.2 Å². The smallest absolute Gasteiger partial charge is 0.234 e. The van der Waals surface area contributed by atoms with E-state index < -0.39 is 0 Å². The van der Waals surface area contributed by atoms with E-state index in [9.17, 15) is 4.79 Å². The Labute approximate surface area is 107 Å². The Bertz CT molecular complexity index is 378. The highest BCUT2D eigenvalue weighted by atomic mass is 32.2. The maximum absolute atomic E-state index is 11.2. The van der Waals surface area contributed by atoms with Gasteiger partial charge in [0.05, 0.1) is 6.54 Å². The Morgan fingerprint density at radius 2 is 2.12 bits per heavy atom. The molecular weight excluding hydrogens is 232 g/mol. The van der Waals surface area contributed by atoms with Gasteiger partial charge >= 0.3 is 0 Å². The van der Waals surface area contributed by atoms with E-state index in [1.54, 1.807) is 0 Å². The average molecular weight is 250 g/mol. The summed E-state index contributed by atoms with van der Waals surface area (Å²) in [5.74, 6) is 1.19. The van der Waals surface area contributed by atoms with E-state index in [0.29, 0.717) is 6.54 Å². The molecule has 1 heterocycles. The molecule has 0 radical (unpaired) electrons. The van der Waals surface area contributed by atoms with Crippen LogP contribution in [0.1, 0.15) is 5.56 Å². The molecule has 0 aliphatic carbocycles. The van der Waals surface area contributed by atoms with Crippen molar-refractivity contribution in [3.63, 3.8) is 0 Å². The highest BCUT2D eigenvalue weighted by Gasteiger charge is 2.14. The van der Waals surface area contributed by atoms with Gasteiger partial charge in [0.25, 0.3) is 0 Å². The zero-order valence-electron chi connectivity index (χ0n) is 10.1. The molecule has 1 aromatic carbocycles. The second-order valence-corrected chi connectivity index (χ2v) is 5.46. The second-order valence-electron chi connectivity index (χ2n) is 4.29. The Morgan fingerprint density at radius 1 is 1.35 bits per heavy atom. The number of piperazine rings is 1. The molecule has 4 heteroatoms. The molecule has 92 valence electrons. The van der Waals surface area contributed by atoms with Crippen LogP contribution in [0, 0.1) is 6.92 Å². The number of amides is 1. The van der Waals surface area contributed by atoms with Crippen LogP contribution in [0.25, 0.3) is 0 Å². The fourth-order valence-electron chi connectivity index (χ4n) is 1.81. The van der Waals surface area contributed by atoms with Crippen molar-refractivity contribution in [1.82, 2.24) is 10.2 Å². The first-order valence-electron chi connectivity index (χ1n) is 5.92. The Morgan fingerprint density at radius 3 is 2.82 bits per heavy atom. The summed E-state index contributed by atoms with van der Waals surface area (Å²) < 4.78 is 0. The third kappa shape index (κ3) is 4.06. The quantitative estimate of drug-likeness (QED) is 0.822. The molecule has 1 aliphatic rings. The number of aryl methyl sites for hydroxylation is 1. The number of carbonyl (C=O) groups is 1. The second kappa shape index (κ2) is 6.07. The van der Waals surface area contributed by atoms with Crippen LogP contribution in [0.4, 0.5) is 0 Å². The molecule has 3 nitrogen and oxygen atoms in total. The summed E-state index contributed by atoms with van der Waals surface area (Å²) in [7, 11) is 0. The number of nitrogens with zero attached hydrogens (tertiary/aromatic N) is 1. The van der Waals surface area contributed by atoms with Crippen molar-refractivity contribution in [1.29, 1.82) is 0 Å². The van der Waals surface area contributed by atoms with Gasteiger partial charge in [0.15, 0.2) is 0 Å². The molecular formula is C13H18N2OS. The third-order valence-corrected chi connectivity index (χ3v) is 3.81. The van der Waals surface area contributed by atoms with E-state index in [1.807, 2.05) is 11.8 Å². The Balaban J connectivity index is 1.72. The lowest BCUT2D eigenvalue weighted by Gasteiger charge is -2.26. The van der Waals surface area contributed by atoms with Crippen molar-refractivity contribution in [3.8, 4) is 0 Å². The predicted molar refractivity (Wildman–Crippen MR) is 71.4 cm³/mol. The van der Waals surface area contributed by atoms with Gasteiger partial charge in [-0.25, -0.2) is 0 Å². The molecule has 1 aromatic rings. The summed E-state index contributed by atoms with van der Waals surface area (Å²) in [5.41, 5.74) is 1.29. The highest BCUT2D eigenvalue weighted by Crippen LogP contribution is 2.18. The topological polar surface area (TPSA) is 32.3 Å². The van der Waals surface area contributed by atoms with Gasteiger partial charge in [-0.15, -0.1) is 11.8 Å². The summed E-state index contributed by atoms with van der Waals surface area (Å²) in [6.45, 7) is 5.38. The summed E-state index contributed by atoms with van der Waals surface area (Å²) >= 11 is 1.85. The average Bonchev–Trinajstić information content (AvgIpc) is 2.32. The van der Waals surface area contributed by atoms with Crippen molar-refractivity contribution < 1.29 is 4.79 Å². The standard InChI is InChI=1S/C13H18N2OS/c1-11-2-4-12(5-3-11)17-9-8-15-7-6-14-13(16)10-15/h2-5H,6-10H2,1H3,(H,14,16). The van der Waals surface area contributed by atoms with Gasteiger partial charge in [-0.1, -0.05) is 17.7 Å². The monoisotopic (exact) mass is 250 g/mol. The molecule has 2 rings (SSSR count). The zero-order valence-corrected chi connectivity index (χ0v) is 10.9. The minimum absolute atomic E-state index is 0.150. The number of hydrogen-bond donors (Lipinski definition) is 1. The van der Waals surface area contributed by atoms with E-state index in [-0.39, 0.29) is 5.91 Å². The van der Waals surface area contributed by atoms with E-state index >= 15 is 0 Å². The molecule has 0 unspecified atom stereocenters. The van der Waals surface area contributed by atoms with E-state index in [4.69, 9.17) is 0 Å². The van der Waals surface area contributed by atoms with Crippen molar-refractivity contribution in [2.45, 2.75) is 11.8 Å². The van der Waals surface area contributed by atoms with Crippen molar-refractivity contribution >= 4 is 17.7 Å². The first-order chi connectivity index (χ1) is 8.24. The molecule has 0 spiro atoms. The molecule has 17 heavy (non-hydrogen) atoms. The van der Waals surface area contributed by atoms with Gasteiger partial charge in [0, 0.05) is 30.3 Å². The first-order valence-corrected chi connectivity index (χ1v) is 6.91. The lowest BCUT2D eigenvalue weighted by Crippen LogP contribution is -2.48. The van der Waals surface area contributed by atoms with Crippen LogP contribution < -0.4 is 5.32 Å². The summed E-state index contributed by atoms with van der Waals surface area (Å²) in [6, 6.07) is 8.58.